The van der Waals surface area contributed by atoms with Crippen LogP contribution in [0.1, 0.15) is 30.9 Å². The van der Waals surface area contributed by atoms with Crippen LogP contribution >= 0.6 is 11.6 Å². The largest absolute Gasteiger partial charge is 0.324 e. The minimum Gasteiger partial charge on any atom is -0.324 e. The van der Waals surface area contributed by atoms with Gasteiger partial charge < -0.3 is 4.57 Å². The van der Waals surface area contributed by atoms with Crippen LogP contribution in [0.3, 0.4) is 0 Å². The van der Waals surface area contributed by atoms with Gasteiger partial charge in [0.15, 0.2) is 0 Å². The van der Waals surface area contributed by atoms with Crippen molar-refractivity contribution in [2.75, 3.05) is 13.1 Å². The van der Waals surface area contributed by atoms with Gasteiger partial charge in [-0.25, -0.2) is 18.1 Å². The number of piperidine rings is 1. The number of rotatable bonds is 6. The van der Waals surface area contributed by atoms with Crippen LogP contribution in [0.4, 0.5) is 0 Å². The van der Waals surface area contributed by atoms with Crippen molar-refractivity contribution in [1.82, 2.24) is 19.2 Å². The van der Waals surface area contributed by atoms with Gasteiger partial charge in [0, 0.05) is 20.1 Å². The molecule has 0 saturated carbocycles. The number of benzene rings is 1. The Labute approximate surface area is 160 Å². The maximum Gasteiger partial charge on any atom is 0.261 e. The zero-order valence-electron chi connectivity index (χ0n) is 15.2. The van der Waals surface area contributed by atoms with E-state index in [0.717, 1.165) is 31.1 Å². The maximum atomic E-state index is 12.3. The molecule has 1 fully saturated rings. The standard InChI is InChI=1S/C18H25ClN4O2S/c1-14-7-9-23(10-8-14)12-16-5-3-15(4-6-16)11-21-26(24,25)18-17(19)22(2)13-20-18/h3-6,13-14,21H,7-12H2,1-2H3. The highest BCUT2D eigenvalue weighted by molar-refractivity contribution is 7.89. The molecule has 0 bridgehead atoms. The highest BCUT2D eigenvalue weighted by atomic mass is 35.5. The molecule has 0 atom stereocenters. The van der Waals surface area contributed by atoms with E-state index >= 15 is 0 Å². The number of likely N-dealkylation sites (tertiary alicyclic amines) is 1. The minimum absolute atomic E-state index is 0.101. The minimum atomic E-state index is -3.73. The summed E-state index contributed by atoms with van der Waals surface area (Å²) in [5.41, 5.74) is 2.15. The van der Waals surface area contributed by atoms with E-state index in [1.165, 1.54) is 29.3 Å². The predicted octanol–water partition coefficient (Wildman–Crippen LogP) is 2.78. The van der Waals surface area contributed by atoms with E-state index in [0.29, 0.717) is 0 Å². The predicted molar refractivity (Wildman–Crippen MR) is 102 cm³/mol. The number of aromatic nitrogens is 2. The summed E-state index contributed by atoms with van der Waals surface area (Å²) in [6.45, 7) is 5.76. The van der Waals surface area contributed by atoms with E-state index < -0.39 is 10.0 Å². The Bertz CT molecular complexity index is 841. The Morgan fingerprint density at radius 2 is 1.81 bits per heavy atom. The van der Waals surface area contributed by atoms with Crippen molar-refractivity contribution in [2.45, 2.75) is 37.9 Å². The molecule has 142 valence electrons. The van der Waals surface area contributed by atoms with Crippen molar-refractivity contribution in [1.29, 1.82) is 0 Å². The van der Waals surface area contributed by atoms with Gasteiger partial charge in [-0.3, -0.25) is 4.90 Å². The fourth-order valence-corrected chi connectivity index (χ4v) is 4.50. The van der Waals surface area contributed by atoms with Gasteiger partial charge in [0.25, 0.3) is 10.0 Å². The fourth-order valence-electron chi connectivity index (χ4n) is 3.06. The molecule has 0 unspecified atom stereocenters. The molecule has 1 saturated heterocycles. The Hall–Kier alpha value is -1.41. The molecule has 0 radical (unpaired) electrons. The van der Waals surface area contributed by atoms with Crippen LogP contribution in [0.25, 0.3) is 0 Å². The Balaban J connectivity index is 1.57. The quantitative estimate of drug-likeness (QED) is 0.815. The van der Waals surface area contributed by atoms with Crippen LogP contribution in [0.2, 0.25) is 5.15 Å². The van der Waals surface area contributed by atoms with E-state index in [1.807, 2.05) is 12.1 Å². The first-order valence-electron chi connectivity index (χ1n) is 8.82. The first-order valence-corrected chi connectivity index (χ1v) is 10.7. The van der Waals surface area contributed by atoms with Crippen LogP contribution in [0, 0.1) is 5.92 Å². The summed E-state index contributed by atoms with van der Waals surface area (Å²) in [6.07, 6.45) is 3.90. The first kappa shape index (κ1) is 19.4. The second-order valence-electron chi connectivity index (χ2n) is 7.05. The van der Waals surface area contributed by atoms with Gasteiger partial charge in [0.2, 0.25) is 5.03 Å². The molecule has 3 rings (SSSR count). The lowest BCUT2D eigenvalue weighted by atomic mass is 9.99. The number of nitrogens with zero attached hydrogens (tertiary/aromatic N) is 3. The maximum absolute atomic E-state index is 12.3. The van der Waals surface area contributed by atoms with Gasteiger partial charge >= 0.3 is 0 Å². The first-order chi connectivity index (χ1) is 12.3. The van der Waals surface area contributed by atoms with Crippen LogP contribution in [-0.2, 0) is 30.2 Å². The van der Waals surface area contributed by atoms with Crippen molar-refractivity contribution in [2.24, 2.45) is 13.0 Å². The van der Waals surface area contributed by atoms with Gasteiger partial charge in [-0.2, -0.15) is 0 Å². The third-order valence-corrected chi connectivity index (χ3v) is 6.75. The van der Waals surface area contributed by atoms with Crippen molar-refractivity contribution in [3.63, 3.8) is 0 Å². The molecule has 1 N–H and O–H groups in total. The number of nitrogens with one attached hydrogen (secondary N) is 1. The Morgan fingerprint density at radius 1 is 1.19 bits per heavy atom. The highest BCUT2D eigenvalue weighted by Gasteiger charge is 2.22. The molecular weight excluding hydrogens is 372 g/mol. The molecule has 6 nitrogen and oxygen atoms in total. The van der Waals surface area contributed by atoms with Gasteiger partial charge in [0.05, 0.1) is 6.33 Å². The van der Waals surface area contributed by atoms with E-state index in [1.54, 1.807) is 7.05 Å². The summed E-state index contributed by atoms with van der Waals surface area (Å²) < 4.78 is 28.7. The molecule has 2 aromatic rings. The van der Waals surface area contributed by atoms with Gasteiger partial charge in [-0.15, -0.1) is 0 Å². The second-order valence-corrected chi connectivity index (χ2v) is 9.09. The third kappa shape index (κ3) is 4.65. The fraction of sp³-hybridized carbons (Fsp3) is 0.500. The molecule has 1 aromatic heterocycles. The Kier molecular flexibility index (Phi) is 6.02. The molecule has 0 spiro atoms. The van der Waals surface area contributed by atoms with E-state index in [-0.39, 0.29) is 16.7 Å². The summed E-state index contributed by atoms with van der Waals surface area (Å²) >= 11 is 5.97. The van der Waals surface area contributed by atoms with E-state index in [9.17, 15) is 8.42 Å². The van der Waals surface area contributed by atoms with Crippen molar-refractivity contribution >= 4 is 21.6 Å². The zero-order chi connectivity index (χ0) is 18.7. The van der Waals surface area contributed by atoms with Crippen molar-refractivity contribution < 1.29 is 8.42 Å². The molecule has 8 heteroatoms. The summed E-state index contributed by atoms with van der Waals surface area (Å²) in [6, 6.07) is 8.06. The Morgan fingerprint density at radius 3 is 2.38 bits per heavy atom. The molecule has 0 amide bonds. The van der Waals surface area contributed by atoms with Crippen LogP contribution in [-0.4, -0.2) is 36.0 Å². The van der Waals surface area contributed by atoms with Gasteiger partial charge in [0.1, 0.15) is 5.15 Å². The van der Waals surface area contributed by atoms with E-state index in [4.69, 9.17) is 11.6 Å². The van der Waals surface area contributed by atoms with Gasteiger partial charge in [-0.1, -0.05) is 42.8 Å². The summed E-state index contributed by atoms with van der Waals surface area (Å²) in [5.74, 6) is 0.828. The van der Waals surface area contributed by atoms with Crippen LogP contribution in [0.15, 0.2) is 35.6 Å². The summed E-state index contributed by atoms with van der Waals surface area (Å²) in [5, 5.41) is -0.0405. The van der Waals surface area contributed by atoms with Crippen molar-refractivity contribution in [3.8, 4) is 0 Å². The smallest absolute Gasteiger partial charge is 0.261 e. The highest BCUT2D eigenvalue weighted by Crippen LogP contribution is 2.20. The number of imidazole rings is 1. The number of hydrogen-bond acceptors (Lipinski definition) is 4. The molecule has 1 aliphatic rings. The average molecular weight is 397 g/mol. The molecule has 1 aromatic carbocycles. The number of hydrogen-bond donors (Lipinski definition) is 1. The summed E-state index contributed by atoms with van der Waals surface area (Å²) in [4.78, 5) is 6.33. The molecule has 2 heterocycles. The number of aryl methyl sites for hydroxylation is 1. The molecule has 0 aliphatic carbocycles. The van der Waals surface area contributed by atoms with Crippen molar-refractivity contribution in [3.05, 3.63) is 46.9 Å². The molecule has 26 heavy (non-hydrogen) atoms. The lowest BCUT2D eigenvalue weighted by Crippen LogP contribution is -2.32. The van der Waals surface area contributed by atoms with Gasteiger partial charge in [-0.05, 0) is 43.0 Å². The SMILES string of the molecule is CC1CCN(Cc2ccc(CNS(=O)(=O)c3ncn(C)c3Cl)cc2)CC1. The molecule has 1 aliphatic heterocycles. The van der Waals surface area contributed by atoms with Crippen LogP contribution in [0.5, 0.6) is 0 Å². The normalized spacial score (nSPS) is 16.9. The lowest BCUT2D eigenvalue weighted by molar-refractivity contribution is 0.185. The molecular formula is C18H25ClN4O2S. The topological polar surface area (TPSA) is 67.2 Å². The second kappa shape index (κ2) is 8.08. The third-order valence-electron chi connectivity index (χ3n) is 4.86. The average Bonchev–Trinajstić information content (AvgIpc) is 2.96. The zero-order valence-corrected chi connectivity index (χ0v) is 16.7. The number of halogens is 1. The lowest BCUT2D eigenvalue weighted by Gasteiger charge is -2.30. The summed E-state index contributed by atoms with van der Waals surface area (Å²) in [7, 11) is -2.08. The van der Waals surface area contributed by atoms with E-state index in [2.05, 4.69) is 33.7 Å². The number of sulfonamides is 1. The van der Waals surface area contributed by atoms with Crippen LogP contribution < -0.4 is 4.72 Å². The monoisotopic (exact) mass is 396 g/mol.